The van der Waals surface area contributed by atoms with E-state index in [1.54, 1.807) is 37.4 Å². The van der Waals surface area contributed by atoms with Gasteiger partial charge in [-0.2, -0.15) is 5.10 Å². The topological polar surface area (TPSA) is 89.1 Å². The summed E-state index contributed by atoms with van der Waals surface area (Å²) in [6.07, 6.45) is 0.460. The Morgan fingerprint density at radius 1 is 1.19 bits per heavy atom. The van der Waals surface area contributed by atoms with Crippen LogP contribution >= 0.6 is 0 Å². The summed E-state index contributed by atoms with van der Waals surface area (Å²) in [5.41, 5.74) is 1.05. The molecule has 7 nitrogen and oxygen atoms in total. The first-order chi connectivity index (χ1) is 13.1. The normalized spacial score (nSPS) is 10.5. The molecule has 1 amide bonds. The van der Waals surface area contributed by atoms with Crippen LogP contribution in [0.4, 0.5) is 4.39 Å². The van der Waals surface area contributed by atoms with E-state index in [2.05, 4.69) is 20.5 Å². The summed E-state index contributed by atoms with van der Waals surface area (Å²) in [5, 5.41) is 9.70. The van der Waals surface area contributed by atoms with Gasteiger partial charge in [0.15, 0.2) is 17.4 Å². The second-order valence-electron chi connectivity index (χ2n) is 5.69. The molecule has 3 aromatic rings. The minimum atomic E-state index is -0.480. The monoisotopic (exact) mass is 370 g/mol. The molecule has 0 aliphatic heterocycles. The predicted octanol–water partition coefficient (Wildman–Crippen LogP) is 2.60. The number of H-pyrrole nitrogens is 1. The summed E-state index contributed by atoms with van der Waals surface area (Å²) in [6, 6.07) is 11.4. The van der Waals surface area contributed by atoms with E-state index < -0.39 is 5.82 Å². The van der Waals surface area contributed by atoms with E-state index in [0.29, 0.717) is 41.5 Å². The summed E-state index contributed by atoms with van der Waals surface area (Å²) < 4.78 is 23.8. The third-order valence-electron chi connectivity index (χ3n) is 3.92. The van der Waals surface area contributed by atoms with Gasteiger partial charge in [0.25, 0.3) is 5.91 Å². The van der Waals surface area contributed by atoms with Gasteiger partial charge in [0.2, 0.25) is 0 Å². The summed E-state index contributed by atoms with van der Waals surface area (Å²) in [6.45, 7) is 0.377. The number of aromatic nitrogens is 3. The SMILES string of the molecule is COc1cccc(C(=O)NCCc2nc(-c3ccc(OC)c(F)c3)n[nH]2)c1. The molecule has 0 saturated carbocycles. The van der Waals surface area contributed by atoms with Gasteiger partial charge in [-0.25, -0.2) is 9.37 Å². The molecule has 1 heterocycles. The Morgan fingerprint density at radius 3 is 2.78 bits per heavy atom. The van der Waals surface area contributed by atoms with Crippen LogP contribution in [-0.2, 0) is 6.42 Å². The first kappa shape index (κ1) is 18.4. The Hall–Kier alpha value is -3.42. The van der Waals surface area contributed by atoms with E-state index in [-0.39, 0.29) is 11.7 Å². The van der Waals surface area contributed by atoms with Crippen molar-refractivity contribution in [1.29, 1.82) is 0 Å². The second-order valence-corrected chi connectivity index (χ2v) is 5.69. The van der Waals surface area contributed by atoms with Crippen molar-refractivity contribution in [2.24, 2.45) is 0 Å². The van der Waals surface area contributed by atoms with Gasteiger partial charge in [-0.05, 0) is 36.4 Å². The molecule has 0 unspecified atom stereocenters. The van der Waals surface area contributed by atoms with Crippen molar-refractivity contribution in [3.8, 4) is 22.9 Å². The molecule has 2 aromatic carbocycles. The highest BCUT2D eigenvalue weighted by molar-refractivity contribution is 5.94. The minimum Gasteiger partial charge on any atom is -0.497 e. The van der Waals surface area contributed by atoms with Crippen LogP contribution in [0, 0.1) is 5.82 Å². The number of ether oxygens (including phenoxy) is 2. The van der Waals surface area contributed by atoms with E-state index in [0.717, 1.165) is 0 Å². The third-order valence-corrected chi connectivity index (χ3v) is 3.92. The molecular weight excluding hydrogens is 351 g/mol. The van der Waals surface area contributed by atoms with Crippen LogP contribution in [0.5, 0.6) is 11.5 Å². The highest BCUT2D eigenvalue weighted by Gasteiger charge is 2.11. The maximum Gasteiger partial charge on any atom is 0.251 e. The molecule has 3 rings (SSSR count). The fourth-order valence-electron chi connectivity index (χ4n) is 2.50. The summed E-state index contributed by atoms with van der Waals surface area (Å²) in [4.78, 5) is 16.5. The van der Waals surface area contributed by atoms with Crippen molar-refractivity contribution in [1.82, 2.24) is 20.5 Å². The van der Waals surface area contributed by atoms with Gasteiger partial charge in [0, 0.05) is 24.1 Å². The molecule has 0 bridgehead atoms. The van der Waals surface area contributed by atoms with Crippen LogP contribution in [0.3, 0.4) is 0 Å². The third kappa shape index (κ3) is 4.41. The molecule has 0 fully saturated rings. The highest BCUT2D eigenvalue weighted by atomic mass is 19.1. The van der Waals surface area contributed by atoms with Crippen LogP contribution in [-0.4, -0.2) is 41.9 Å². The van der Waals surface area contributed by atoms with Gasteiger partial charge < -0.3 is 14.8 Å². The Morgan fingerprint density at radius 2 is 2.04 bits per heavy atom. The number of carbonyl (C=O) groups excluding carboxylic acids is 1. The maximum absolute atomic E-state index is 13.8. The van der Waals surface area contributed by atoms with Crippen LogP contribution in [0.1, 0.15) is 16.2 Å². The zero-order valence-electron chi connectivity index (χ0n) is 15.0. The van der Waals surface area contributed by atoms with Gasteiger partial charge in [-0.15, -0.1) is 0 Å². The predicted molar refractivity (Wildman–Crippen MR) is 97.4 cm³/mol. The Kier molecular flexibility index (Phi) is 5.65. The van der Waals surface area contributed by atoms with Crippen LogP contribution in [0.2, 0.25) is 0 Å². The average Bonchev–Trinajstić information content (AvgIpc) is 3.16. The quantitative estimate of drug-likeness (QED) is 0.667. The van der Waals surface area contributed by atoms with Crippen molar-refractivity contribution in [2.45, 2.75) is 6.42 Å². The number of halogens is 1. The molecule has 140 valence electrons. The Balaban J connectivity index is 1.58. The number of methoxy groups -OCH3 is 2. The number of hydrogen-bond donors (Lipinski definition) is 2. The number of hydrogen-bond acceptors (Lipinski definition) is 5. The molecule has 0 atom stereocenters. The van der Waals surface area contributed by atoms with Gasteiger partial charge in [-0.1, -0.05) is 6.07 Å². The number of amides is 1. The van der Waals surface area contributed by atoms with Crippen molar-refractivity contribution in [2.75, 3.05) is 20.8 Å². The summed E-state index contributed by atoms with van der Waals surface area (Å²) >= 11 is 0. The minimum absolute atomic E-state index is 0.162. The first-order valence-corrected chi connectivity index (χ1v) is 8.28. The molecule has 0 radical (unpaired) electrons. The largest absolute Gasteiger partial charge is 0.497 e. The molecule has 1 aromatic heterocycles. The van der Waals surface area contributed by atoms with E-state index in [1.807, 2.05) is 0 Å². The molecular formula is C19H19FN4O3. The smallest absolute Gasteiger partial charge is 0.251 e. The summed E-state index contributed by atoms with van der Waals surface area (Å²) in [5.74, 6) is 1.07. The Labute approximate surface area is 155 Å². The molecule has 0 spiro atoms. The van der Waals surface area contributed by atoms with E-state index in [4.69, 9.17) is 9.47 Å². The lowest BCUT2D eigenvalue weighted by Crippen LogP contribution is -2.25. The lowest BCUT2D eigenvalue weighted by molar-refractivity contribution is 0.0953. The number of benzene rings is 2. The first-order valence-electron chi connectivity index (χ1n) is 8.28. The molecule has 8 heteroatoms. The highest BCUT2D eigenvalue weighted by Crippen LogP contribution is 2.23. The van der Waals surface area contributed by atoms with E-state index >= 15 is 0 Å². The lowest BCUT2D eigenvalue weighted by atomic mass is 10.2. The van der Waals surface area contributed by atoms with Crippen molar-refractivity contribution < 1.29 is 18.7 Å². The molecule has 0 saturated heterocycles. The number of nitrogens with one attached hydrogen (secondary N) is 2. The van der Waals surface area contributed by atoms with Crippen LogP contribution < -0.4 is 14.8 Å². The average molecular weight is 370 g/mol. The maximum atomic E-state index is 13.8. The van der Waals surface area contributed by atoms with Crippen molar-refractivity contribution >= 4 is 5.91 Å². The van der Waals surface area contributed by atoms with Gasteiger partial charge in [-0.3, -0.25) is 9.89 Å². The van der Waals surface area contributed by atoms with Gasteiger partial charge >= 0.3 is 0 Å². The zero-order chi connectivity index (χ0) is 19.2. The number of aromatic amines is 1. The molecule has 2 N–H and O–H groups in total. The van der Waals surface area contributed by atoms with Crippen molar-refractivity contribution in [3.05, 3.63) is 59.7 Å². The molecule has 0 aliphatic rings. The van der Waals surface area contributed by atoms with Crippen molar-refractivity contribution in [3.63, 3.8) is 0 Å². The second kappa shape index (κ2) is 8.31. The fraction of sp³-hybridized carbons (Fsp3) is 0.211. The molecule has 0 aliphatic carbocycles. The fourth-order valence-corrected chi connectivity index (χ4v) is 2.50. The standard InChI is InChI=1S/C19H19FN4O3/c1-26-14-5-3-4-13(10-14)19(25)21-9-8-17-22-18(24-23-17)12-6-7-16(27-2)15(20)11-12/h3-7,10-11H,8-9H2,1-2H3,(H,21,25)(H,22,23,24). The van der Waals surface area contributed by atoms with E-state index in [9.17, 15) is 9.18 Å². The van der Waals surface area contributed by atoms with Gasteiger partial charge in [0.05, 0.1) is 14.2 Å². The number of rotatable bonds is 7. The number of carbonyl (C=O) groups is 1. The molecule has 27 heavy (non-hydrogen) atoms. The summed E-state index contributed by atoms with van der Waals surface area (Å²) in [7, 11) is 2.95. The Bertz CT molecular complexity index is 942. The van der Waals surface area contributed by atoms with E-state index in [1.165, 1.54) is 19.2 Å². The van der Waals surface area contributed by atoms with Gasteiger partial charge in [0.1, 0.15) is 11.6 Å². The van der Waals surface area contributed by atoms with Crippen LogP contribution in [0.25, 0.3) is 11.4 Å². The zero-order valence-corrected chi connectivity index (χ0v) is 15.0. The van der Waals surface area contributed by atoms with Crippen LogP contribution in [0.15, 0.2) is 42.5 Å². The number of nitrogens with zero attached hydrogens (tertiary/aromatic N) is 2. The lowest BCUT2D eigenvalue weighted by Gasteiger charge is -2.05.